The topological polar surface area (TPSA) is 27.3 Å². The third-order valence-corrected chi connectivity index (χ3v) is 3.69. The van der Waals surface area contributed by atoms with Gasteiger partial charge in [0.2, 0.25) is 0 Å². The van der Waals surface area contributed by atoms with Crippen LogP contribution in [0.3, 0.4) is 0 Å². The number of benzene rings is 1. The van der Waals surface area contributed by atoms with Crippen molar-refractivity contribution in [2.45, 2.75) is 33.6 Å². The molecule has 0 saturated carbocycles. The van der Waals surface area contributed by atoms with Crippen LogP contribution in [0.15, 0.2) is 24.3 Å². The van der Waals surface area contributed by atoms with Gasteiger partial charge in [-0.25, -0.2) is 0 Å². The Hall–Kier alpha value is -1.13. The lowest BCUT2D eigenvalue weighted by Crippen LogP contribution is -2.36. The predicted molar refractivity (Wildman–Crippen MR) is 92.5 cm³/mol. The highest BCUT2D eigenvalue weighted by Crippen LogP contribution is 2.16. The van der Waals surface area contributed by atoms with E-state index in [1.165, 1.54) is 5.56 Å². The van der Waals surface area contributed by atoms with Gasteiger partial charge < -0.3 is 15.5 Å². The third-order valence-electron chi connectivity index (χ3n) is 3.44. The molecule has 3 nitrogen and oxygen atoms in total. The molecular weight excluding hydrogens is 266 g/mol. The molecule has 0 radical (unpaired) electrons. The molecule has 112 valence electrons. The lowest BCUT2D eigenvalue weighted by Gasteiger charge is -2.19. The lowest BCUT2D eigenvalue weighted by atomic mass is 10.0. The lowest BCUT2D eigenvalue weighted by molar-refractivity contribution is 0.308. The fourth-order valence-corrected chi connectivity index (χ4v) is 2.21. The number of nitrogens with one attached hydrogen (secondary N) is 2. The van der Waals surface area contributed by atoms with Gasteiger partial charge in [0.1, 0.15) is 0 Å². The van der Waals surface area contributed by atoms with Crippen molar-refractivity contribution in [2.75, 3.05) is 31.5 Å². The SMILES string of the molecule is CCN(CC)CCNC(=S)Nc1ccc(C(C)C)cc1. The minimum atomic E-state index is 0.559. The normalized spacial score (nSPS) is 10.9. The Morgan fingerprint density at radius 1 is 1.15 bits per heavy atom. The molecule has 0 spiro atoms. The summed E-state index contributed by atoms with van der Waals surface area (Å²) in [5, 5.41) is 7.16. The van der Waals surface area contributed by atoms with E-state index in [9.17, 15) is 0 Å². The monoisotopic (exact) mass is 293 g/mol. The second-order valence-corrected chi connectivity index (χ2v) is 5.59. The van der Waals surface area contributed by atoms with E-state index in [4.69, 9.17) is 12.2 Å². The Labute approximate surface area is 128 Å². The van der Waals surface area contributed by atoms with E-state index in [0.717, 1.165) is 31.9 Å². The van der Waals surface area contributed by atoms with Crippen molar-refractivity contribution in [1.82, 2.24) is 10.2 Å². The zero-order valence-electron chi connectivity index (χ0n) is 13.1. The number of likely N-dealkylation sites (N-methyl/N-ethyl adjacent to an activating group) is 1. The quantitative estimate of drug-likeness (QED) is 0.753. The molecule has 20 heavy (non-hydrogen) atoms. The molecular formula is C16H27N3S. The van der Waals surface area contributed by atoms with E-state index in [0.29, 0.717) is 11.0 Å². The van der Waals surface area contributed by atoms with Gasteiger partial charge in [0.05, 0.1) is 0 Å². The molecule has 0 aliphatic heterocycles. The molecule has 0 aliphatic rings. The van der Waals surface area contributed by atoms with Crippen LogP contribution in [0.4, 0.5) is 5.69 Å². The van der Waals surface area contributed by atoms with E-state index >= 15 is 0 Å². The summed E-state index contributed by atoms with van der Waals surface area (Å²) >= 11 is 5.30. The van der Waals surface area contributed by atoms with Crippen LogP contribution < -0.4 is 10.6 Å². The number of rotatable bonds is 7. The number of hydrogen-bond donors (Lipinski definition) is 2. The smallest absolute Gasteiger partial charge is 0.170 e. The van der Waals surface area contributed by atoms with Gasteiger partial charge >= 0.3 is 0 Å². The molecule has 0 saturated heterocycles. The van der Waals surface area contributed by atoms with Crippen molar-refractivity contribution in [2.24, 2.45) is 0 Å². The zero-order chi connectivity index (χ0) is 15.0. The molecule has 0 unspecified atom stereocenters. The molecule has 0 aromatic heterocycles. The molecule has 0 heterocycles. The highest BCUT2D eigenvalue weighted by atomic mass is 32.1. The van der Waals surface area contributed by atoms with Gasteiger partial charge in [-0.15, -0.1) is 0 Å². The first kappa shape index (κ1) is 16.9. The molecule has 0 atom stereocenters. The maximum atomic E-state index is 5.30. The number of anilines is 1. The Morgan fingerprint density at radius 3 is 2.25 bits per heavy atom. The van der Waals surface area contributed by atoms with Crippen molar-refractivity contribution < 1.29 is 0 Å². The van der Waals surface area contributed by atoms with Crippen molar-refractivity contribution in [3.8, 4) is 0 Å². The van der Waals surface area contributed by atoms with E-state index in [-0.39, 0.29) is 0 Å². The van der Waals surface area contributed by atoms with E-state index in [1.807, 2.05) is 0 Å². The summed E-state index contributed by atoms with van der Waals surface area (Å²) in [6, 6.07) is 8.44. The van der Waals surface area contributed by atoms with E-state index < -0.39 is 0 Å². The number of hydrogen-bond acceptors (Lipinski definition) is 2. The van der Waals surface area contributed by atoms with Gasteiger partial charge in [-0.2, -0.15) is 0 Å². The van der Waals surface area contributed by atoms with Crippen LogP contribution in [0, 0.1) is 0 Å². The van der Waals surface area contributed by atoms with Crippen LogP contribution in [-0.4, -0.2) is 36.2 Å². The second-order valence-electron chi connectivity index (χ2n) is 5.18. The molecule has 0 amide bonds. The molecule has 1 rings (SSSR count). The van der Waals surface area contributed by atoms with Crippen LogP contribution in [0.1, 0.15) is 39.2 Å². The molecule has 2 N–H and O–H groups in total. The molecule has 1 aromatic rings. The van der Waals surface area contributed by atoms with Crippen molar-refractivity contribution >= 4 is 23.0 Å². The summed E-state index contributed by atoms with van der Waals surface area (Å²) in [6.07, 6.45) is 0. The van der Waals surface area contributed by atoms with Crippen LogP contribution in [-0.2, 0) is 0 Å². The summed E-state index contributed by atoms with van der Waals surface area (Å²) in [5.41, 5.74) is 2.38. The van der Waals surface area contributed by atoms with E-state index in [2.05, 4.69) is 67.5 Å². The van der Waals surface area contributed by atoms with Gasteiger partial charge in [0.25, 0.3) is 0 Å². The van der Waals surface area contributed by atoms with Gasteiger partial charge in [-0.3, -0.25) is 0 Å². The van der Waals surface area contributed by atoms with Crippen molar-refractivity contribution in [3.63, 3.8) is 0 Å². The highest BCUT2D eigenvalue weighted by molar-refractivity contribution is 7.80. The fraction of sp³-hybridized carbons (Fsp3) is 0.562. The minimum Gasteiger partial charge on any atom is -0.361 e. The highest BCUT2D eigenvalue weighted by Gasteiger charge is 2.02. The number of nitrogens with zero attached hydrogens (tertiary/aromatic N) is 1. The minimum absolute atomic E-state index is 0.559. The van der Waals surface area contributed by atoms with Gasteiger partial charge in [-0.05, 0) is 48.9 Å². The molecule has 0 aliphatic carbocycles. The zero-order valence-corrected chi connectivity index (χ0v) is 13.9. The second kappa shape index (κ2) is 8.93. The van der Waals surface area contributed by atoms with Gasteiger partial charge in [0, 0.05) is 18.8 Å². The summed E-state index contributed by atoms with van der Waals surface area (Å²) in [5.74, 6) is 0.559. The van der Waals surface area contributed by atoms with Gasteiger partial charge in [0.15, 0.2) is 5.11 Å². The Balaban J connectivity index is 2.35. The summed E-state index contributed by atoms with van der Waals surface area (Å²) < 4.78 is 0. The maximum absolute atomic E-state index is 5.30. The first-order valence-electron chi connectivity index (χ1n) is 7.44. The molecule has 4 heteroatoms. The van der Waals surface area contributed by atoms with Crippen LogP contribution >= 0.6 is 12.2 Å². The maximum Gasteiger partial charge on any atom is 0.170 e. The predicted octanol–water partition coefficient (Wildman–Crippen LogP) is 3.44. The van der Waals surface area contributed by atoms with Gasteiger partial charge in [-0.1, -0.05) is 39.8 Å². The van der Waals surface area contributed by atoms with Crippen molar-refractivity contribution in [3.05, 3.63) is 29.8 Å². The Kier molecular flexibility index (Phi) is 7.55. The fourth-order valence-electron chi connectivity index (χ4n) is 1.99. The number of thiocarbonyl (C=S) groups is 1. The van der Waals surface area contributed by atoms with Crippen LogP contribution in [0.2, 0.25) is 0 Å². The first-order chi connectivity index (χ1) is 9.56. The van der Waals surface area contributed by atoms with Crippen LogP contribution in [0.5, 0.6) is 0 Å². The standard InChI is InChI=1S/C16H27N3S/c1-5-19(6-2)12-11-17-16(20)18-15-9-7-14(8-10-15)13(3)4/h7-10,13H,5-6,11-12H2,1-4H3,(H2,17,18,20). The van der Waals surface area contributed by atoms with Crippen LogP contribution in [0.25, 0.3) is 0 Å². The Bertz CT molecular complexity index is 397. The molecule has 0 fully saturated rings. The van der Waals surface area contributed by atoms with Crippen molar-refractivity contribution in [1.29, 1.82) is 0 Å². The largest absolute Gasteiger partial charge is 0.361 e. The summed E-state index contributed by atoms with van der Waals surface area (Å²) in [6.45, 7) is 12.8. The average Bonchev–Trinajstić information content (AvgIpc) is 2.44. The first-order valence-corrected chi connectivity index (χ1v) is 7.84. The Morgan fingerprint density at radius 2 is 1.75 bits per heavy atom. The van der Waals surface area contributed by atoms with E-state index in [1.54, 1.807) is 0 Å². The molecule has 1 aromatic carbocycles. The third kappa shape index (κ3) is 5.88. The average molecular weight is 293 g/mol. The summed E-state index contributed by atoms with van der Waals surface area (Å²) in [4.78, 5) is 2.37. The summed E-state index contributed by atoms with van der Waals surface area (Å²) in [7, 11) is 0. The molecule has 0 bridgehead atoms.